The van der Waals surface area contributed by atoms with Crippen molar-refractivity contribution in [3.05, 3.63) is 54.8 Å². The van der Waals surface area contributed by atoms with E-state index >= 15 is 0 Å². The number of fused-ring (bicyclic) bond motifs is 1. The third kappa shape index (κ3) is 4.68. The lowest BCUT2D eigenvalue weighted by Gasteiger charge is -2.40. The van der Waals surface area contributed by atoms with Crippen LogP contribution in [0.4, 0.5) is 16.2 Å². The molecule has 0 spiro atoms. The quantitative estimate of drug-likeness (QED) is 0.689. The number of carbonyl (C=O) groups is 2. The van der Waals surface area contributed by atoms with Gasteiger partial charge in [-0.25, -0.2) is 13.2 Å². The van der Waals surface area contributed by atoms with Crippen molar-refractivity contribution < 1.29 is 27.9 Å². The van der Waals surface area contributed by atoms with Gasteiger partial charge in [-0.15, -0.1) is 0 Å². The van der Waals surface area contributed by atoms with E-state index < -0.39 is 22.5 Å². The first-order chi connectivity index (χ1) is 15.0. The minimum Gasteiger partial charge on any atom is -0.415 e. The molecule has 0 aliphatic carbocycles. The second-order valence-corrected chi connectivity index (χ2v) is 9.80. The van der Waals surface area contributed by atoms with Gasteiger partial charge < -0.3 is 14.7 Å². The SMILES string of the molecule is C=C(C)OC(=O)N1C[C@H](C)N(C(C)=O)c2ccc(-c3ccc(S(=O)(=O)CCO)cc3)cc21. The fourth-order valence-electron chi connectivity index (χ4n) is 3.75. The van der Waals surface area contributed by atoms with Crippen LogP contribution in [0.2, 0.25) is 0 Å². The molecule has 0 unspecified atom stereocenters. The molecule has 9 heteroatoms. The van der Waals surface area contributed by atoms with Gasteiger partial charge in [-0.3, -0.25) is 9.69 Å². The topological polar surface area (TPSA) is 104 Å². The summed E-state index contributed by atoms with van der Waals surface area (Å²) in [5, 5.41) is 8.96. The first kappa shape index (κ1) is 23.5. The zero-order valence-corrected chi connectivity index (χ0v) is 19.1. The van der Waals surface area contributed by atoms with Crippen LogP contribution in [-0.4, -0.2) is 50.5 Å². The standard InChI is InChI=1S/C23H26N2O6S/c1-15(2)31-23(28)24-14-16(3)25(17(4)27)21-10-7-19(13-22(21)24)18-5-8-20(9-6-18)32(29,30)12-11-26/h5-10,13,16,26H,1,11-12,14H2,2-4H3/t16-/m0/s1. The fourth-order valence-corrected chi connectivity index (χ4v) is 4.78. The Labute approximate surface area is 187 Å². The first-order valence-electron chi connectivity index (χ1n) is 10.1. The number of sulfone groups is 1. The molecule has 2 aromatic carbocycles. The predicted octanol–water partition coefficient (Wildman–Crippen LogP) is 3.35. The molecule has 0 fully saturated rings. The smallest absolute Gasteiger partial charge is 0.415 e. The van der Waals surface area contributed by atoms with Gasteiger partial charge in [-0.1, -0.05) is 24.8 Å². The average Bonchev–Trinajstić information content (AvgIpc) is 2.72. The van der Waals surface area contributed by atoms with Gasteiger partial charge in [0.05, 0.1) is 40.4 Å². The van der Waals surface area contributed by atoms with Crippen LogP contribution in [0.5, 0.6) is 0 Å². The minimum atomic E-state index is -3.55. The van der Waals surface area contributed by atoms with Crippen LogP contribution < -0.4 is 9.80 Å². The molecule has 1 aliphatic rings. The number of hydrogen-bond acceptors (Lipinski definition) is 6. The van der Waals surface area contributed by atoms with Gasteiger partial charge >= 0.3 is 6.09 Å². The van der Waals surface area contributed by atoms with E-state index in [9.17, 15) is 18.0 Å². The number of allylic oxidation sites excluding steroid dienone is 1. The molecule has 1 heterocycles. The summed E-state index contributed by atoms with van der Waals surface area (Å²) in [6.07, 6.45) is -0.587. The van der Waals surface area contributed by atoms with Crippen LogP contribution in [-0.2, 0) is 19.4 Å². The minimum absolute atomic E-state index is 0.122. The van der Waals surface area contributed by atoms with E-state index in [1.54, 1.807) is 36.1 Å². The van der Waals surface area contributed by atoms with E-state index in [0.717, 1.165) is 11.1 Å². The van der Waals surface area contributed by atoms with Crippen molar-refractivity contribution in [1.82, 2.24) is 0 Å². The fraction of sp³-hybridized carbons (Fsp3) is 0.304. The van der Waals surface area contributed by atoms with E-state index in [4.69, 9.17) is 9.84 Å². The Balaban J connectivity index is 2.05. The number of hydrogen-bond donors (Lipinski definition) is 1. The Morgan fingerprint density at radius 3 is 2.28 bits per heavy atom. The molecule has 1 N–H and O–H groups in total. The molecule has 2 aromatic rings. The maximum atomic E-state index is 12.7. The van der Waals surface area contributed by atoms with Gasteiger partial charge in [-0.2, -0.15) is 0 Å². The Hall–Kier alpha value is -3.17. The van der Waals surface area contributed by atoms with Crippen LogP contribution in [0.15, 0.2) is 59.7 Å². The average molecular weight is 459 g/mol. The lowest BCUT2D eigenvalue weighted by Crippen LogP contribution is -2.51. The van der Waals surface area contributed by atoms with Crippen LogP contribution >= 0.6 is 0 Å². The number of ether oxygens (including phenoxy) is 1. The van der Waals surface area contributed by atoms with Crippen molar-refractivity contribution in [3.63, 3.8) is 0 Å². The summed E-state index contributed by atoms with van der Waals surface area (Å²) in [6.45, 7) is 8.32. The van der Waals surface area contributed by atoms with Gasteiger partial charge in [-0.05, 0) is 49.2 Å². The highest BCUT2D eigenvalue weighted by molar-refractivity contribution is 7.91. The number of amides is 2. The summed E-state index contributed by atoms with van der Waals surface area (Å²) in [6, 6.07) is 11.4. The molecule has 0 bridgehead atoms. The normalized spacial score (nSPS) is 15.8. The Morgan fingerprint density at radius 2 is 1.72 bits per heavy atom. The molecule has 1 atom stereocenters. The van der Waals surface area contributed by atoms with E-state index in [1.165, 1.54) is 24.0 Å². The van der Waals surface area contributed by atoms with Crippen LogP contribution in [0.1, 0.15) is 20.8 Å². The number of anilines is 2. The summed E-state index contributed by atoms with van der Waals surface area (Å²) >= 11 is 0. The van der Waals surface area contributed by atoms with E-state index in [-0.39, 0.29) is 34.9 Å². The van der Waals surface area contributed by atoms with Crippen molar-refractivity contribution in [3.8, 4) is 11.1 Å². The van der Waals surface area contributed by atoms with Gasteiger partial charge in [0.1, 0.15) is 0 Å². The zero-order chi connectivity index (χ0) is 23.6. The number of benzene rings is 2. The second-order valence-electron chi connectivity index (χ2n) is 7.69. The molecular formula is C23H26N2O6S. The Morgan fingerprint density at radius 1 is 1.09 bits per heavy atom. The highest BCUT2D eigenvalue weighted by atomic mass is 32.2. The number of carbonyl (C=O) groups excluding carboxylic acids is 2. The van der Waals surface area contributed by atoms with E-state index in [2.05, 4.69) is 6.58 Å². The van der Waals surface area contributed by atoms with Crippen molar-refractivity contribution >= 4 is 33.2 Å². The molecule has 170 valence electrons. The molecule has 2 amide bonds. The zero-order valence-electron chi connectivity index (χ0n) is 18.2. The van der Waals surface area contributed by atoms with Crippen LogP contribution in [0, 0.1) is 0 Å². The van der Waals surface area contributed by atoms with Gasteiger partial charge in [0, 0.05) is 13.5 Å². The predicted molar refractivity (Wildman–Crippen MR) is 122 cm³/mol. The monoisotopic (exact) mass is 458 g/mol. The summed E-state index contributed by atoms with van der Waals surface area (Å²) in [7, 11) is -3.55. The summed E-state index contributed by atoms with van der Waals surface area (Å²) in [4.78, 5) is 28.2. The van der Waals surface area contributed by atoms with Gasteiger partial charge in [0.2, 0.25) is 5.91 Å². The molecule has 32 heavy (non-hydrogen) atoms. The van der Waals surface area contributed by atoms with Crippen molar-refractivity contribution in [2.24, 2.45) is 0 Å². The van der Waals surface area contributed by atoms with Crippen LogP contribution in [0.3, 0.4) is 0 Å². The van der Waals surface area contributed by atoms with Gasteiger partial charge in [0.25, 0.3) is 0 Å². The highest BCUT2D eigenvalue weighted by Crippen LogP contribution is 2.39. The molecule has 8 nitrogen and oxygen atoms in total. The van der Waals surface area contributed by atoms with Crippen LogP contribution in [0.25, 0.3) is 11.1 Å². The number of aliphatic hydroxyl groups is 1. The molecule has 0 radical (unpaired) electrons. The Bertz CT molecular complexity index is 1160. The van der Waals surface area contributed by atoms with Crippen molar-refractivity contribution in [1.29, 1.82) is 0 Å². The molecular weight excluding hydrogens is 432 g/mol. The number of nitrogens with zero attached hydrogens (tertiary/aromatic N) is 2. The van der Waals surface area contributed by atoms with Crippen molar-refractivity contribution in [2.75, 3.05) is 28.7 Å². The summed E-state index contributed by atoms with van der Waals surface area (Å²) in [5.41, 5.74) is 2.57. The lowest BCUT2D eigenvalue weighted by molar-refractivity contribution is -0.117. The first-order valence-corrected chi connectivity index (χ1v) is 11.7. The van der Waals surface area contributed by atoms with E-state index in [1.807, 2.05) is 13.0 Å². The molecule has 3 rings (SSSR count). The van der Waals surface area contributed by atoms with Gasteiger partial charge in [0.15, 0.2) is 9.84 Å². The van der Waals surface area contributed by atoms with Crippen molar-refractivity contribution in [2.45, 2.75) is 31.7 Å². The maximum absolute atomic E-state index is 12.7. The highest BCUT2D eigenvalue weighted by Gasteiger charge is 2.34. The molecule has 0 aromatic heterocycles. The second kappa shape index (κ2) is 9.13. The number of rotatable bonds is 5. The van der Waals surface area contributed by atoms with E-state index in [0.29, 0.717) is 11.4 Å². The summed E-state index contributed by atoms with van der Waals surface area (Å²) < 4.78 is 29.5. The largest absolute Gasteiger partial charge is 0.419 e. The number of aliphatic hydroxyl groups excluding tert-OH is 1. The molecule has 1 aliphatic heterocycles. The lowest BCUT2D eigenvalue weighted by atomic mass is 10.0. The molecule has 0 saturated carbocycles. The summed E-state index contributed by atoms with van der Waals surface area (Å²) in [5.74, 6) is -0.226. The maximum Gasteiger partial charge on any atom is 0.419 e. The third-order valence-electron chi connectivity index (χ3n) is 5.14. The molecule has 0 saturated heterocycles. The Kier molecular flexibility index (Phi) is 6.71. The third-order valence-corrected chi connectivity index (χ3v) is 6.85.